The number of allylic oxidation sites excluding steroid dienone is 2. The molecule has 0 amide bonds. The second-order valence-corrected chi connectivity index (χ2v) is 11.3. The summed E-state index contributed by atoms with van der Waals surface area (Å²) in [4.78, 5) is 3.85. The molecule has 32 heavy (non-hydrogen) atoms. The summed E-state index contributed by atoms with van der Waals surface area (Å²) in [7, 11) is -3.46. The van der Waals surface area contributed by atoms with Crippen LogP contribution in [-0.2, 0) is 10.0 Å². The smallest absolute Gasteiger partial charge is 0.243 e. The van der Waals surface area contributed by atoms with Gasteiger partial charge in [0.25, 0.3) is 0 Å². The highest BCUT2D eigenvalue weighted by atomic mass is 32.2. The molecule has 2 aliphatic heterocycles. The number of anilines is 1. The van der Waals surface area contributed by atoms with Crippen LogP contribution in [0.25, 0.3) is 10.9 Å². The second-order valence-electron chi connectivity index (χ2n) is 9.33. The highest BCUT2D eigenvalue weighted by Gasteiger charge is 2.39. The Labute approximate surface area is 189 Å². The van der Waals surface area contributed by atoms with Crippen molar-refractivity contribution in [3.8, 4) is 0 Å². The van der Waals surface area contributed by atoms with Crippen molar-refractivity contribution in [1.82, 2.24) is 9.29 Å². The molecule has 1 aromatic heterocycles. The molecule has 0 spiro atoms. The van der Waals surface area contributed by atoms with Crippen molar-refractivity contribution in [3.63, 3.8) is 0 Å². The van der Waals surface area contributed by atoms with E-state index in [9.17, 15) is 8.42 Å². The molecule has 5 nitrogen and oxygen atoms in total. The number of hydrogen-bond acceptors (Lipinski definition) is 3. The largest absolute Gasteiger partial charge is 0.378 e. The van der Waals surface area contributed by atoms with Gasteiger partial charge in [0.15, 0.2) is 0 Å². The van der Waals surface area contributed by atoms with Crippen LogP contribution in [0.3, 0.4) is 0 Å². The third-order valence-corrected chi connectivity index (χ3v) is 9.39. The van der Waals surface area contributed by atoms with Gasteiger partial charge in [-0.2, -0.15) is 4.31 Å². The van der Waals surface area contributed by atoms with Crippen LogP contribution in [0, 0.1) is 5.92 Å². The van der Waals surface area contributed by atoms with Crippen LogP contribution in [0.15, 0.2) is 65.7 Å². The molecular weight excluding hydrogens is 418 g/mol. The van der Waals surface area contributed by atoms with Gasteiger partial charge in [0, 0.05) is 41.8 Å². The maximum absolute atomic E-state index is 13.4. The van der Waals surface area contributed by atoms with E-state index < -0.39 is 10.0 Å². The highest BCUT2D eigenvalue weighted by molar-refractivity contribution is 7.89. The van der Waals surface area contributed by atoms with Gasteiger partial charge in [0.2, 0.25) is 10.0 Å². The number of rotatable bonds is 3. The standard InChI is InChI=1S/C26H29N3O2S/c30-32(31,29-14-5-1-2-6-15-29)18-12-13-25-22(16-18)19-9-7-10-21(19)26(28-25)23-17-27-24-11-4-3-8-20(23)24/h3-4,7-9,11-13,16-17,19,21,26-28H,1-2,5-6,10,14-15H2. The van der Waals surface area contributed by atoms with Crippen molar-refractivity contribution in [1.29, 1.82) is 0 Å². The first-order chi connectivity index (χ1) is 15.6. The Balaban J connectivity index is 1.38. The summed E-state index contributed by atoms with van der Waals surface area (Å²) in [5, 5.41) is 5.01. The summed E-state index contributed by atoms with van der Waals surface area (Å²) in [6.45, 7) is 1.26. The zero-order valence-electron chi connectivity index (χ0n) is 18.1. The molecule has 3 aliphatic rings. The molecule has 0 saturated carbocycles. The Morgan fingerprint density at radius 1 is 0.938 bits per heavy atom. The minimum Gasteiger partial charge on any atom is -0.378 e. The zero-order chi connectivity index (χ0) is 21.7. The predicted octanol–water partition coefficient (Wildman–Crippen LogP) is 5.56. The number of H-pyrrole nitrogens is 1. The summed E-state index contributed by atoms with van der Waals surface area (Å²) in [6.07, 6.45) is 11.8. The maximum atomic E-state index is 13.4. The average molecular weight is 448 g/mol. The summed E-state index contributed by atoms with van der Waals surface area (Å²) in [6, 6.07) is 14.3. The number of aromatic amines is 1. The van der Waals surface area contributed by atoms with Crippen LogP contribution >= 0.6 is 0 Å². The molecule has 3 aromatic rings. The lowest BCUT2D eigenvalue weighted by atomic mass is 9.77. The lowest BCUT2D eigenvalue weighted by Gasteiger charge is -2.37. The van der Waals surface area contributed by atoms with Gasteiger partial charge in [-0.05, 0) is 60.6 Å². The van der Waals surface area contributed by atoms with Gasteiger partial charge < -0.3 is 10.3 Å². The van der Waals surface area contributed by atoms with Crippen LogP contribution in [0.2, 0.25) is 0 Å². The molecule has 1 fully saturated rings. The van der Waals surface area contributed by atoms with Gasteiger partial charge >= 0.3 is 0 Å². The fourth-order valence-corrected chi connectivity index (χ4v) is 7.38. The van der Waals surface area contributed by atoms with Crippen molar-refractivity contribution < 1.29 is 8.42 Å². The fraction of sp³-hybridized carbons (Fsp3) is 0.385. The Bertz CT molecular complexity index is 1290. The van der Waals surface area contributed by atoms with E-state index in [-0.39, 0.29) is 12.0 Å². The minimum absolute atomic E-state index is 0.187. The molecule has 3 atom stereocenters. The summed E-state index contributed by atoms with van der Waals surface area (Å²) in [5.74, 6) is 0.599. The molecule has 166 valence electrons. The molecule has 1 aliphatic carbocycles. The van der Waals surface area contributed by atoms with E-state index in [4.69, 9.17) is 0 Å². The van der Waals surface area contributed by atoms with Gasteiger partial charge in [0.05, 0.1) is 10.9 Å². The Morgan fingerprint density at radius 3 is 2.59 bits per heavy atom. The zero-order valence-corrected chi connectivity index (χ0v) is 18.9. The van der Waals surface area contributed by atoms with E-state index in [0.29, 0.717) is 23.9 Å². The first kappa shape index (κ1) is 20.1. The normalized spacial score (nSPS) is 25.8. The van der Waals surface area contributed by atoms with Crippen molar-refractivity contribution in [2.24, 2.45) is 5.92 Å². The Kier molecular flexibility index (Phi) is 4.88. The quantitative estimate of drug-likeness (QED) is 0.517. The molecule has 3 heterocycles. The van der Waals surface area contributed by atoms with E-state index in [0.717, 1.165) is 48.9 Å². The molecule has 6 heteroatoms. The third kappa shape index (κ3) is 3.20. The van der Waals surface area contributed by atoms with Crippen molar-refractivity contribution in [2.45, 2.75) is 49.0 Å². The van der Waals surface area contributed by atoms with E-state index in [1.54, 1.807) is 10.4 Å². The molecule has 0 radical (unpaired) electrons. The Hall–Kier alpha value is -2.57. The summed E-state index contributed by atoms with van der Waals surface area (Å²) < 4.78 is 28.5. The highest BCUT2D eigenvalue weighted by Crippen LogP contribution is 2.51. The molecule has 2 N–H and O–H groups in total. The number of benzene rings is 2. The monoisotopic (exact) mass is 447 g/mol. The predicted molar refractivity (Wildman–Crippen MR) is 128 cm³/mol. The van der Waals surface area contributed by atoms with Gasteiger partial charge in [-0.25, -0.2) is 8.42 Å². The number of fused-ring (bicyclic) bond motifs is 4. The van der Waals surface area contributed by atoms with Gasteiger partial charge in [0.1, 0.15) is 0 Å². The SMILES string of the molecule is O=S(=O)(c1ccc2c(c1)C1C=CCC1C(c1c[nH]c3ccccc13)N2)N1CCCCCC1. The van der Waals surface area contributed by atoms with Gasteiger partial charge in [-0.1, -0.05) is 43.2 Å². The maximum Gasteiger partial charge on any atom is 0.243 e. The van der Waals surface area contributed by atoms with E-state index in [1.165, 1.54) is 10.9 Å². The molecule has 1 saturated heterocycles. The Morgan fingerprint density at radius 2 is 1.75 bits per heavy atom. The van der Waals surface area contributed by atoms with Crippen molar-refractivity contribution >= 4 is 26.6 Å². The number of hydrogen-bond donors (Lipinski definition) is 2. The number of nitrogens with zero attached hydrogens (tertiary/aromatic N) is 1. The number of sulfonamides is 1. The van der Waals surface area contributed by atoms with Crippen LogP contribution in [0.1, 0.15) is 55.2 Å². The number of nitrogens with one attached hydrogen (secondary N) is 2. The first-order valence-corrected chi connectivity index (χ1v) is 13.2. The number of para-hydroxylation sites is 1. The molecule has 0 bridgehead atoms. The van der Waals surface area contributed by atoms with Crippen LogP contribution in [0.4, 0.5) is 5.69 Å². The summed E-state index contributed by atoms with van der Waals surface area (Å²) >= 11 is 0. The lowest BCUT2D eigenvalue weighted by molar-refractivity contribution is 0.420. The van der Waals surface area contributed by atoms with Crippen molar-refractivity contribution in [2.75, 3.05) is 18.4 Å². The fourth-order valence-electron chi connectivity index (χ4n) is 5.82. The third-order valence-electron chi connectivity index (χ3n) is 7.49. The molecular formula is C26H29N3O2S. The second kappa shape index (κ2) is 7.78. The molecule has 3 unspecified atom stereocenters. The van der Waals surface area contributed by atoms with E-state index in [2.05, 4.69) is 52.9 Å². The van der Waals surface area contributed by atoms with Crippen molar-refractivity contribution in [3.05, 3.63) is 71.9 Å². The van der Waals surface area contributed by atoms with Crippen LogP contribution in [-0.4, -0.2) is 30.8 Å². The lowest BCUT2D eigenvalue weighted by Crippen LogP contribution is -2.33. The average Bonchev–Trinajstić information content (AvgIpc) is 3.38. The van der Waals surface area contributed by atoms with Crippen LogP contribution in [0.5, 0.6) is 0 Å². The van der Waals surface area contributed by atoms with Gasteiger partial charge in [-0.15, -0.1) is 0 Å². The first-order valence-electron chi connectivity index (χ1n) is 11.8. The van der Waals surface area contributed by atoms with E-state index >= 15 is 0 Å². The molecule has 6 rings (SSSR count). The number of aromatic nitrogens is 1. The summed E-state index contributed by atoms with van der Waals surface area (Å²) in [5.41, 5.74) is 4.58. The molecule has 2 aromatic carbocycles. The van der Waals surface area contributed by atoms with E-state index in [1.807, 2.05) is 12.1 Å². The van der Waals surface area contributed by atoms with Crippen LogP contribution < -0.4 is 5.32 Å². The topological polar surface area (TPSA) is 65.2 Å². The van der Waals surface area contributed by atoms with Gasteiger partial charge in [-0.3, -0.25) is 0 Å². The minimum atomic E-state index is -3.46.